The van der Waals surface area contributed by atoms with Crippen LogP contribution in [0.1, 0.15) is 5.56 Å². The number of benzene rings is 1. The Morgan fingerprint density at radius 2 is 2.23 bits per heavy atom. The van der Waals surface area contributed by atoms with Crippen LogP contribution >= 0.6 is 38.9 Å². The maximum absolute atomic E-state index is 13.3. The fourth-order valence-corrected chi connectivity index (χ4v) is 3.01. The largest absolute Gasteiger partial charge is 0.205 e. The van der Waals surface area contributed by atoms with E-state index in [0.717, 1.165) is 10.9 Å². The second-order valence-corrected chi connectivity index (χ2v) is 4.48. The maximum Gasteiger partial charge on any atom is 0.141 e. The average Bonchev–Trinajstić information content (AvgIpc) is 2.51. The van der Waals surface area contributed by atoms with Crippen LogP contribution in [0.2, 0.25) is 5.02 Å². The van der Waals surface area contributed by atoms with Crippen LogP contribution in [0, 0.1) is 5.82 Å². The first kappa shape index (κ1) is 9.44. The van der Waals surface area contributed by atoms with Crippen molar-refractivity contribution in [1.29, 1.82) is 0 Å². The molecule has 2 aromatic rings. The molecule has 0 amide bonds. The van der Waals surface area contributed by atoms with Crippen molar-refractivity contribution in [1.82, 2.24) is 0 Å². The van der Waals surface area contributed by atoms with E-state index < -0.39 is 0 Å². The van der Waals surface area contributed by atoms with Crippen molar-refractivity contribution in [2.75, 3.05) is 0 Å². The van der Waals surface area contributed by atoms with Gasteiger partial charge in [-0.2, -0.15) is 0 Å². The minimum Gasteiger partial charge on any atom is -0.205 e. The van der Waals surface area contributed by atoms with Gasteiger partial charge in [-0.15, -0.1) is 11.3 Å². The lowest BCUT2D eigenvalue weighted by molar-refractivity contribution is 0.641. The summed E-state index contributed by atoms with van der Waals surface area (Å²) in [5.74, 6) is -0.198. The van der Waals surface area contributed by atoms with E-state index in [9.17, 15) is 4.39 Å². The Balaban J connectivity index is 2.88. The number of alkyl halides is 1. The number of fused-ring (bicyclic) bond motifs is 1. The molecule has 0 spiro atoms. The molecule has 0 nitrogen and oxygen atoms in total. The Labute approximate surface area is 92.5 Å². The molecule has 0 unspecified atom stereocenters. The van der Waals surface area contributed by atoms with Gasteiger partial charge >= 0.3 is 0 Å². The monoisotopic (exact) mass is 278 g/mol. The zero-order valence-corrected chi connectivity index (χ0v) is 9.64. The van der Waals surface area contributed by atoms with Gasteiger partial charge in [0, 0.05) is 16.1 Å². The van der Waals surface area contributed by atoms with Crippen molar-refractivity contribution in [2.45, 2.75) is 5.33 Å². The third kappa shape index (κ3) is 1.49. The van der Waals surface area contributed by atoms with Crippen LogP contribution in [-0.4, -0.2) is 0 Å². The van der Waals surface area contributed by atoms with Crippen LogP contribution in [0.25, 0.3) is 10.1 Å². The number of hydrogen-bond acceptors (Lipinski definition) is 1. The molecule has 0 aliphatic rings. The summed E-state index contributed by atoms with van der Waals surface area (Å²) in [6.45, 7) is 0. The predicted octanol–water partition coefficient (Wildman–Crippen LogP) is 4.59. The molecule has 0 saturated carbocycles. The summed E-state index contributed by atoms with van der Waals surface area (Å²) in [7, 11) is 0. The Bertz CT molecular complexity index is 452. The quantitative estimate of drug-likeness (QED) is 0.670. The number of thiophene rings is 1. The lowest BCUT2D eigenvalue weighted by Gasteiger charge is -1.99. The topological polar surface area (TPSA) is 0 Å². The standard InChI is InChI=1S/C9H5BrClFS/c10-3-5-1-2-7(12)9-8(5)6(11)4-13-9/h1-2,4H,3H2. The van der Waals surface area contributed by atoms with Gasteiger partial charge in [0.15, 0.2) is 0 Å². The van der Waals surface area contributed by atoms with E-state index in [1.165, 1.54) is 17.4 Å². The highest BCUT2D eigenvalue weighted by atomic mass is 79.9. The summed E-state index contributed by atoms with van der Waals surface area (Å²) in [5, 5.41) is 3.93. The highest BCUT2D eigenvalue weighted by Gasteiger charge is 2.10. The fourth-order valence-electron chi connectivity index (χ4n) is 1.26. The van der Waals surface area contributed by atoms with E-state index >= 15 is 0 Å². The zero-order valence-electron chi connectivity index (χ0n) is 6.48. The summed E-state index contributed by atoms with van der Waals surface area (Å²) in [6, 6.07) is 3.23. The highest BCUT2D eigenvalue weighted by Crippen LogP contribution is 2.35. The Kier molecular flexibility index (Phi) is 2.58. The molecule has 0 N–H and O–H groups in total. The highest BCUT2D eigenvalue weighted by molar-refractivity contribution is 9.08. The van der Waals surface area contributed by atoms with Gasteiger partial charge in [0.1, 0.15) is 5.82 Å². The number of hydrogen-bond donors (Lipinski definition) is 0. The van der Waals surface area contributed by atoms with E-state index in [2.05, 4.69) is 15.9 Å². The Morgan fingerprint density at radius 1 is 1.46 bits per heavy atom. The maximum atomic E-state index is 13.3. The first-order chi connectivity index (χ1) is 6.24. The Morgan fingerprint density at radius 3 is 2.92 bits per heavy atom. The van der Waals surface area contributed by atoms with Crippen LogP contribution < -0.4 is 0 Å². The van der Waals surface area contributed by atoms with Gasteiger partial charge in [-0.05, 0) is 11.6 Å². The summed E-state index contributed by atoms with van der Waals surface area (Å²) in [4.78, 5) is 0. The van der Waals surface area contributed by atoms with Gasteiger partial charge < -0.3 is 0 Å². The van der Waals surface area contributed by atoms with Crippen molar-refractivity contribution < 1.29 is 4.39 Å². The normalized spacial score (nSPS) is 11.0. The van der Waals surface area contributed by atoms with Gasteiger partial charge in [-0.1, -0.05) is 33.6 Å². The summed E-state index contributed by atoms with van der Waals surface area (Å²) in [6.07, 6.45) is 0. The van der Waals surface area contributed by atoms with E-state index in [1.54, 1.807) is 11.4 Å². The van der Waals surface area contributed by atoms with E-state index in [-0.39, 0.29) is 5.82 Å². The molecule has 4 heteroatoms. The molecule has 2 rings (SSSR count). The summed E-state index contributed by atoms with van der Waals surface area (Å²) in [5.41, 5.74) is 1.03. The molecule has 0 radical (unpaired) electrons. The molecule has 0 bridgehead atoms. The molecule has 0 aliphatic heterocycles. The molecule has 0 aliphatic carbocycles. The van der Waals surface area contributed by atoms with Crippen LogP contribution in [0.15, 0.2) is 17.5 Å². The van der Waals surface area contributed by atoms with Gasteiger partial charge in [-0.3, -0.25) is 0 Å². The second kappa shape index (κ2) is 3.56. The molecular weight excluding hydrogens is 275 g/mol. The van der Waals surface area contributed by atoms with Crippen LogP contribution in [0.5, 0.6) is 0 Å². The van der Waals surface area contributed by atoms with Crippen molar-refractivity contribution in [3.63, 3.8) is 0 Å². The molecule has 1 aromatic carbocycles. The fraction of sp³-hybridized carbons (Fsp3) is 0.111. The molecule has 1 aromatic heterocycles. The van der Waals surface area contributed by atoms with Gasteiger partial charge in [0.05, 0.1) is 9.72 Å². The second-order valence-electron chi connectivity index (χ2n) is 2.63. The molecule has 68 valence electrons. The predicted molar refractivity (Wildman–Crippen MR) is 59.4 cm³/mol. The zero-order chi connectivity index (χ0) is 9.42. The molecule has 1 heterocycles. The van der Waals surface area contributed by atoms with Crippen molar-refractivity contribution >= 4 is 49.0 Å². The van der Waals surface area contributed by atoms with Gasteiger partial charge in [0.25, 0.3) is 0 Å². The summed E-state index contributed by atoms with van der Waals surface area (Å²) < 4.78 is 13.9. The summed E-state index contributed by atoms with van der Waals surface area (Å²) >= 11 is 10.6. The van der Waals surface area contributed by atoms with Crippen LogP contribution in [0.4, 0.5) is 4.39 Å². The minimum atomic E-state index is -0.198. The molecule has 13 heavy (non-hydrogen) atoms. The van der Waals surface area contributed by atoms with Crippen molar-refractivity contribution in [3.8, 4) is 0 Å². The van der Waals surface area contributed by atoms with Gasteiger partial charge in [-0.25, -0.2) is 4.39 Å². The third-order valence-corrected chi connectivity index (χ3v) is 3.88. The Hall–Kier alpha value is -0.120. The van der Waals surface area contributed by atoms with Crippen LogP contribution in [0.3, 0.4) is 0 Å². The lowest BCUT2D eigenvalue weighted by atomic mass is 10.1. The minimum absolute atomic E-state index is 0.198. The first-order valence-electron chi connectivity index (χ1n) is 3.64. The van der Waals surface area contributed by atoms with Crippen molar-refractivity contribution in [2.24, 2.45) is 0 Å². The lowest BCUT2D eigenvalue weighted by Crippen LogP contribution is -1.81. The van der Waals surface area contributed by atoms with Gasteiger partial charge in [0.2, 0.25) is 0 Å². The number of rotatable bonds is 1. The van der Waals surface area contributed by atoms with Crippen LogP contribution in [-0.2, 0) is 5.33 Å². The molecular formula is C9H5BrClFS. The molecule has 0 fully saturated rings. The third-order valence-electron chi connectivity index (χ3n) is 1.86. The average molecular weight is 280 g/mol. The smallest absolute Gasteiger partial charge is 0.141 e. The molecule has 0 atom stereocenters. The van der Waals surface area contributed by atoms with Crippen molar-refractivity contribution in [3.05, 3.63) is 33.9 Å². The van der Waals surface area contributed by atoms with E-state index in [0.29, 0.717) is 15.1 Å². The first-order valence-corrected chi connectivity index (χ1v) is 6.02. The molecule has 0 saturated heterocycles. The van der Waals surface area contributed by atoms with E-state index in [4.69, 9.17) is 11.6 Å². The number of halogens is 3. The SMILES string of the molecule is Fc1ccc(CBr)c2c(Cl)csc12. The van der Waals surface area contributed by atoms with E-state index in [1.807, 2.05) is 0 Å².